The van der Waals surface area contributed by atoms with Crippen LogP contribution in [-0.4, -0.2) is 37.4 Å². The van der Waals surface area contributed by atoms with Gasteiger partial charge < -0.3 is 9.11 Å². The molecule has 0 aliphatic carbocycles. The van der Waals surface area contributed by atoms with Crippen molar-refractivity contribution in [2.75, 3.05) is 11.5 Å². The average Bonchev–Trinajstić information content (AvgIpc) is 3.09. The van der Waals surface area contributed by atoms with E-state index in [1.165, 1.54) is 218 Å². The van der Waals surface area contributed by atoms with Gasteiger partial charge in [-0.2, -0.15) is 0 Å². The second-order valence-corrected chi connectivity index (χ2v) is 19.0. The number of unbranched alkanes of at least 4 members (excludes halogenated alkanes) is 38. The molecule has 0 aromatic rings. The maximum Gasteiger partial charge on any atom is 2.00 e. The van der Waals surface area contributed by atoms with Crippen LogP contribution in [0.4, 0.5) is 0 Å². The van der Waals surface area contributed by atoms with Gasteiger partial charge in [-0.05, 0) is 12.8 Å². The summed E-state index contributed by atoms with van der Waals surface area (Å²) in [4.78, 5) is 0. The second kappa shape index (κ2) is 46.8. The van der Waals surface area contributed by atoms with Crippen molar-refractivity contribution in [3.8, 4) is 0 Å². The molecule has 0 rings (SSSR count). The van der Waals surface area contributed by atoms with Crippen LogP contribution in [0.3, 0.4) is 0 Å². The molecule has 0 bridgehead atoms. The van der Waals surface area contributed by atoms with Crippen LogP contribution in [0.25, 0.3) is 0 Å². The van der Waals surface area contributed by atoms with Crippen molar-refractivity contribution in [3.63, 3.8) is 0 Å². The third-order valence-corrected chi connectivity index (χ3v) is 12.1. The van der Waals surface area contributed by atoms with Crippen molar-refractivity contribution in [1.29, 1.82) is 0 Å². The molecule has 0 radical (unpaired) electrons. The van der Waals surface area contributed by atoms with E-state index in [1.54, 1.807) is 0 Å². The Bertz CT molecular complexity index is 810. The van der Waals surface area contributed by atoms with Crippen LogP contribution in [0, 0.1) is 0 Å². The Morgan fingerprint density at radius 2 is 0.358 bits per heavy atom. The van der Waals surface area contributed by atoms with Crippen LogP contribution in [0.15, 0.2) is 0 Å². The summed E-state index contributed by atoms with van der Waals surface area (Å²) in [5, 5.41) is 0. The quantitative estimate of drug-likeness (QED) is 0.0343. The first kappa shape index (κ1) is 57.8. The molecule has 0 spiro atoms. The first-order chi connectivity index (χ1) is 25.1. The molecule has 0 aliphatic rings. The Kier molecular flexibility index (Phi) is 51.0. The Labute approximate surface area is 346 Å². The molecule has 0 N–H and O–H groups in total. The molecular formula is C44H90O6S2Zn. The van der Waals surface area contributed by atoms with Gasteiger partial charge in [-0.25, -0.2) is 16.8 Å². The largest absolute Gasteiger partial charge is 2.00 e. The van der Waals surface area contributed by atoms with Crippen molar-refractivity contribution in [2.24, 2.45) is 0 Å². The molecule has 53 heavy (non-hydrogen) atoms. The van der Waals surface area contributed by atoms with Crippen LogP contribution in [0.5, 0.6) is 0 Å². The number of hydrogen-bond donors (Lipinski definition) is 0. The van der Waals surface area contributed by atoms with Gasteiger partial charge in [0.25, 0.3) is 0 Å². The van der Waals surface area contributed by atoms with Crippen LogP contribution in [-0.2, 0) is 39.7 Å². The van der Waals surface area contributed by atoms with Gasteiger partial charge >= 0.3 is 19.5 Å². The maximum absolute atomic E-state index is 10.5. The molecule has 0 aliphatic heterocycles. The van der Waals surface area contributed by atoms with Gasteiger partial charge in [0, 0.05) is 11.5 Å². The fourth-order valence-electron chi connectivity index (χ4n) is 7.07. The van der Waals surface area contributed by atoms with Crippen molar-refractivity contribution in [1.82, 2.24) is 0 Å². The van der Waals surface area contributed by atoms with Gasteiger partial charge in [0.05, 0.1) is 20.2 Å². The monoisotopic (exact) mass is 843 g/mol. The minimum atomic E-state index is -4.00. The zero-order valence-electron chi connectivity index (χ0n) is 35.7. The van der Waals surface area contributed by atoms with Gasteiger partial charge in [0.2, 0.25) is 0 Å². The first-order valence-corrected chi connectivity index (χ1v) is 26.1. The molecule has 0 unspecified atom stereocenters. The van der Waals surface area contributed by atoms with Gasteiger partial charge in [-0.15, -0.1) is 0 Å². The number of hydrogen-bond acceptors (Lipinski definition) is 6. The molecule has 316 valence electrons. The summed E-state index contributed by atoms with van der Waals surface area (Å²) in [5.41, 5.74) is 0. The molecule has 0 saturated heterocycles. The minimum absolute atomic E-state index is 0. The summed E-state index contributed by atoms with van der Waals surface area (Å²) in [7, 11) is -8.00. The van der Waals surface area contributed by atoms with Gasteiger partial charge in [-0.3, -0.25) is 0 Å². The Morgan fingerprint density at radius 3 is 0.472 bits per heavy atom. The topological polar surface area (TPSA) is 114 Å². The van der Waals surface area contributed by atoms with E-state index in [1.807, 2.05) is 0 Å². The van der Waals surface area contributed by atoms with Crippen LogP contribution in [0.1, 0.15) is 271 Å². The van der Waals surface area contributed by atoms with Gasteiger partial charge in [0.1, 0.15) is 0 Å². The minimum Gasteiger partial charge on any atom is -0.748 e. The summed E-state index contributed by atoms with van der Waals surface area (Å²) >= 11 is 0. The van der Waals surface area contributed by atoms with E-state index in [4.69, 9.17) is 0 Å². The third-order valence-electron chi connectivity index (χ3n) is 10.5. The molecule has 0 aromatic carbocycles. The first-order valence-electron chi connectivity index (χ1n) is 23.0. The zero-order chi connectivity index (χ0) is 38.7. The summed E-state index contributed by atoms with van der Waals surface area (Å²) in [5.74, 6) is -0.377. The summed E-state index contributed by atoms with van der Waals surface area (Å²) in [6, 6.07) is 0. The van der Waals surface area contributed by atoms with Crippen LogP contribution < -0.4 is 0 Å². The average molecular weight is 845 g/mol. The van der Waals surface area contributed by atoms with E-state index >= 15 is 0 Å². The second-order valence-electron chi connectivity index (χ2n) is 16.0. The molecule has 0 heterocycles. The van der Waals surface area contributed by atoms with E-state index in [0.29, 0.717) is 12.8 Å². The Balaban J connectivity index is -0.000000926. The van der Waals surface area contributed by atoms with E-state index in [0.717, 1.165) is 25.7 Å². The Hall–Kier alpha value is 0.443. The van der Waals surface area contributed by atoms with Gasteiger partial charge in [-0.1, -0.05) is 258 Å². The van der Waals surface area contributed by atoms with Crippen LogP contribution >= 0.6 is 0 Å². The predicted molar refractivity (Wildman–Crippen MR) is 225 cm³/mol. The standard InChI is InChI=1S/2C22H46O3S.Zn/c2*1-2-3-4-5-6-7-8-9-10-11-12-13-14-15-16-17-18-19-20-21-22-26(23,24)25;/h2*2-22H2,1H3,(H,23,24,25);/q;;+2/p-2. The molecule has 0 atom stereocenters. The molecular weight excluding hydrogens is 754 g/mol. The maximum atomic E-state index is 10.5. The van der Waals surface area contributed by atoms with Crippen molar-refractivity contribution in [3.05, 3.63) is 0 Å². The normalized spacial score (nSPS) is 11.7. The molecule has 0 amide bonds. The number of rotatable bonds is 42. The Morgan fingerprint density at radius 1 is 0.245 bits per heavy atom. The molecule has 0 saturated carbocycles. The van der Waals surface area contributed by atoms with Crippen molar-refractivity contribution in [2.45, 2.75) is 271 Å². The van der Waals surface area contributed by atoms with Crippen molar-refractivity contribution >= 4 is 20.2 Å². The summed E-state index contributed by atoms with van der Waals surface area (Å²) in [6.07, 6.45) is 51.8. The van der Waals surface area contributed by atoms with E-state index < -0.39 is 20.2 Å². The van der Waals surface area contributed by atoms with Crippen molar-refractivity contribution < 1.29 is 45.4 Å². The van der Waals surface area contributed by atoms with Gasteiger partial charge in [0.15, 0.2) is 0 Å². The molecule has 9 heteroatoms. The smallest absolute Gasteiger partial charge is 0.748 e. The molecule has 0 aromatic heterocycles. The fraction of sp³-hybridized carbons (Fsp3) is 1.00. The third kappa shape index (κ3) is 61.9. The van der Waals surface area contributed by atoms with E-state index in [9.17, 15) is 25.9 Å². The van der Waals surface area contributed by atoms with E-state index in [2.05, 4.69) is 13.8 Å². The molecule has 0 fully saturated rings. The summed E-state index contributed by atoms with van der Waals surface area (Å²) < 4.78 is 62.8. The summed E-state index contributed by atoms with van der Waals surface area (Å²) in [6.45, 7) is 4.55. The van der Waals surface area contributed by atoms with E-state index in [-0.39, 0.29) is 31.0 Å². The van der Waals surface area contributed by atoms with Crippen LogP contribution in [0.2, 0.25) is 0 Å². The fourth-order valence-corrected chi connectivity index (χ4v) is 8.18. The molecule has 6 nitrogen and oxygen atoms in total. The predicted octanol–water partition coefficient (Wildman–Crippen LogP) is 14.7. The zero-order valence-corrected chi connectivity index (χ0v) is 40.3. The SMILES string of the molecule is CCCCCCCCCCCCCCCCCCCCCCS(=O)(=O)[O-].CCCCCCCCCCCCCCCCCCCCCCS(=O)(=O)[O-].[Zn+2].